The van der Waals surface area contributed by atoms with Gasteiger partial charge in [0.1, 0.15) is 6.17 Å². The largest absolute Gasteiger partial charge is 0.348 e. The monoisotopic (exact) mass is 380 g/mol. The van der Waals surface area contributed by atoms with E-state index in [0.717, 1.165) is 44.9 Å². The summed E-state index contributed by atoms with van der Waals surface area (Å²) in [5, 5.41) is 12.7. The van der Waals surface area contributed by atoms with E-state index in [1.807, 2.05) is 6.92 Å². The van der Waals surface area contributed by atoms with E-state index in [4.69, 9.17) is 0 Å². The molecule has 0 atom stereocenters. The van der Waals surface area contributed by atoms with Crippen molar-refractivity contribution >= 4 is 11.8 Å². The van der Waals surface area contributed by atoms with Crippen molar-refractivity contribution in [3.63, 3.8) is 0 Å². The minimum atomic E-state index is -0.524. The predicted molar refractivity (Wildman–Crippen MR) is 107 cm³/mol. The van der Waals surface area contributed by atoms with E-state index in [2.05, 4.69) is 44.1 Å². The predicted octanol–water partition coefficient (Wildman–Crippen LogP) is 2.89. The lowest BCUT2D eigenvalue weighted by molar-refractivity contribution is -0.139. The third kappa shape index (κ3) is 12.8. The van der Waals surface area contributed by atoms with Gasteiger partial charge in [-0.1, -0.05) is 48.8 Å². The van der Waals surface area contributed by atoms with E-state index in [1.165, 1.54) is 25.7 Å². The van der Waals surface area contributed by atoms with Crippen molar-refractivity contribution in [1.82, 2.24) is 21.5 Å². The molecule has 0 saturated carbocycles. The van der Waals surface area contributed by atoms with E-state index in [-0.39, 0.29) is 6.17 Å². The van der Waals surface area contributed by atoms with Gasteiger partial charge in [-0.3, -0.25) is 20.4 Å². The highest BCUT2D eigenvalue weighted by Crippen LogP contribution is 2.08. The van der Waals surface area contributed by atoms with E-state index >= 15 is 0 Å². The standard InChI is InChI=1S/C19H36N6O2/c1-2-3-15-20-18(26)19(27)21-16-13-11-9-7-5-4-6-8-10-12-14-17-22-24-25-23-17/h5,7,17H,2-4,6,8-16H2,1H3,(H,20,26)(H,21,27)(H,22,25)(H,23,24)/b7-5-. The Morgan fingerprint density at radius 1 is 0.815 bits per heavy atom. The van der Waals surface area contributed by atoms with Gasteiger partial charge in [-0.05, 0) is 51.4 Å². The number of carbonyl (C=O) groups is 2. The van der Waals surface area contributed by atoms with Crippen LogP contribution in [-0.2, 0) is 9.59 Å². The molecule has 4 N–H and O–H groups in total. The molecule has 0 bridgehead atoms. The molecule has 0 fully saturated rings. The molecule has 27 heavy (non-hydrogen) atoms. The van der Waals surface area contributed by atoms with Crippen molar-refractivity contribution < 1.29 is 9.59 Å². The molecule has 2 amide bonds. The van der Waals surface area contributed by atoms with Crippen molar-refractivity contribution in [2.75, 3.05) is 13.1 Å². The second-order valence-electron chi connectivity index (χ2n) is 6.83. The molecule has 0 aliphatic carbocycles. The highest BCUT2D eigenvalue weighted by molar-refractivity contribution is 6.35. The van der Waals surface area contributed by atoms with Gasteiger partial charge in [0.05, 0.1) is 0 Å². The lowest BCUT2D eigenvalue weighted by Gasteiger charge is -2.07. The fraction of sp³-hybridized carbons (Fsp3) is 0.789. The molecule has 1 aliphatic rings. The summed E-state index contributed by atoms with van der Waals surface area (Å²) in [6.45, 7) is 3.16. The highest BCUT2D eigenvalue weighted by atomic mass is 16.2. The molecule has 0 aromatic rings. The van der Waals surface area contributed by atoms with E-state index in [0.29, 0.717) is 13.1 Å². The first kappa shape index (κ1) is 22.9. The number of nitrogens with zero attached hydrogens (tertiary/aromatic N) is 2. The fourth-order valence-electron chi connectivity index (χ4n) is 2.68. The van der Waals surface area contributed by atoms with Crippen LogP contribution >= 0.6 is 0 Å². The normalized spacial score (nSPS) is 13.5. The lowest BCUT2D eigenvalue weighted by Crippen LogP contribution is -2.40. The van der Waals surface area contributed by atoms with Crippen molar-refractivity contribution in [3.8, 4) is 0 Å². The third-order valence-electron chi connectivity index (χ3n) is 4.36. The minimum Gasteiger partial charge on any atom is -0.348 e. The smallest absolute Gasteiger partial charge is 0.309 e. The number of carbonyl (C=O) groups excluding carboxylic acids is 2. The first-order valence-corrected chi connectivity index (χ1v) is 10.4. The Balaban J connectivity index is 1.82. The second-order valence-corrected chi connectivity index (χ2v) is 6.83. The van der Waals surface area contributed by atoms with Crippen LogP contribution < -0.4 is 21.5 Å². The van der Waals surface area contributed by atoms with Crippen LogP contribution in [0.5, 0.6) is 0 Å². The second kappa shape index (κ2) is 16.1. The molecule has 1 rings (SSSR count). The average Bonchev–Trinajstić information content (AvgIpc) is 3.18. The first-order chi connectivity index (χ1) is 13.2. The van der Waals surface area contributed by atoms with Crippen LogP contribution in [0.15, 0.2) is 22.6 Å². The number of nitrogens with one attached hydrogen (secondary N) is 4. The van der Waals surface area contributed by atoms with E-state index < -0.39 is 11.8 Å². The van der Waals surface area contributed by atoms with Crippen LogP contribution in [-0.4, -0.2) is 31.1 Å². The Labute approximate surface area is 163 Å². The van der Waals surface area contributed by atoms with E-state index in [1.54, 1.807) is 0 Å². The number of rotatable bonds is 15. The molecule has 0 unspecified atom stereocenters. The van der Waals surface area contributed by atoms with Gasteiger partial charge in [-0.25, -0.2) is 0 Å². The molecule has 0 aromatic heterocycles. The number of amides is 2. The number of hydrogen-bond acceptors (Lipinski definition) is 6. The van der Waals surface area contributed by atoms with Crippen molar-refractivity contribution in [1.29, 1.82) is 0 Å². The molecule has 1 heterocycles. The van der Waals surface area contributed by atoms with Crippen LogP contribution in [0.1, 0.15) is 77.6 Å². The highest BCUT2D eigenvalue weighted by Gasteiger charge is 2.11. The quantitative estimate of drug-likeness (QED) is 0.199. The molecule has 0 radical (unpaired) electrons. The van der Waals surface area contributed by atoms with Gasteiger partial charge in [0.25, 0.3) is 0 Å². The molecule has 0 saturated heterocycles. The van der Waals surface area contributed by atoms with Gasteiger partial charge in [0, 0.05) is 13.1 Å². The third-order valence-corrected chi connectivity index (χ3v) is 4.36. The minimum absolute atomic E-state index is 0.213. The summed E-state index contributed by atoms with van der Waals surface area (Å²) >= 11 is 0. The Morgan fingerprint density at radius 3 is 2.00 bits per heavy atom. The molecule has 8 heteroatoms. The van der Waals surface area contributed by atoms with Gasteiger partial charge in [0.15, 0.2) is 0 Å². The maximum Gasteiger partial charge on any atom is 0.309 e. The van der Waals surface area contributed by atoms with Gasteiger partial charge >= 0.3 is 11.8 Å². The van der Waals surface area contributed by atoms with Crippen molar-refractivity contribution in [3.05, 3.63) is 12.2 Å². The molecule has 0 spiro atoms. The maximum absolute atomic E-state index is 11.5. The maximum atomic E-state index is 11.5. The molecule has 8 nitrogen and oxygen atoms in total. The Kier molecular flexibility index (Phi) is 13.7. The van der Waals surface area contributed by atoms with Crippen LogP contribution in [0, 0.1) is 0 Å². The summed E-state index contributed by atoms with van der Waals surface area (Å²) in [4.78, 5) is 23.0. The van der Waals surface area contributed by atoms with E-state index in [9.17, 15) is 9.59 Å². The molecule has 0 aromatic carbocycles. The number of hydrogen-bond donors (Lipinski definition) is 4. The SMILES string of the molecule is CCCCNC(=O)C(=O)NCCCC/C=C\CCCCCCC1NN=NN1. The Morgan fingerprint density at radius 2 is 1.37 bits per heavy atom. The first-order valence-electron chi connectivity index (χ1n) is 10.4. The number of unbranched alkanes of at least 4 members (excludes halogenated alkanes) is 7. The fourth-order valence-corrected chi connectivity index (χ4v) is 2.68. The molecular formula is C19H36N6O2. The Hall–Kier alpha value is -2.12. The molecule has 1 aliphatic heterocycles. The zero-order chi connectivity index (χ0) is 19.6. The zero-order valence-corrected chi connectivity index (χ0v) is 16.6. The van der Waals surface area contributed by atoms with Gasteiger partial charge < -0.3 is 10.6 Å². The molecular weight excluding hydrogens is 344 g/mol. The topological polar surface area (TPSA) is 107 Å². The van der Waals surface area contributed by atoms with Gasteiger partial charge in [-0.15, -0.1) is 0 Å². The summed E-state index contributed by atoms with van der Waals surface area (Å²) in [6.07, 6.45) is 16.6. The van der Waals surface area contributed by atoms with Crippen LogP contribution in [0.2, 0.25) is 0 Å². The van der Waals surface area contributed by atoms with Crippen LogP contribution in [0.3, 0.4) is 0 Å². The zero-order valence-electron chi connectivity index (χ0n) is 16.6. The van der Waals surface area contributed by atoms with Gasteiger partial charge in [-0.2, -0.15) is 0 Å². The summed E-state index contributed by atoms with van der Waals surface area (Å²) in [5.74, 6) is -1.05. The van der Waals surface area contributed by atoms with Crippen LogP contribution in [0.25, 0.3) is 0 Å². The van der Waals surface area contributed by atoms with Crippen molar-refractivity contribution in [2.24, 2.45) is 10.4 Å². The van der Waals surface area contributed by atoms with Gasteiger partial charge in [0.2, 0.25) is 0 Å². The lowest BCUT2D eigenvalue weighted by atomic mass is 10.1. The van der Waals surface area contributed by atoms with Crippen molar-refractivity contribution in [2.45, 2.75) is 83.7 Å². The molecule has 154 valence electrons. The van der Waals surface area contributed by atoms with Crippen LogP contribution in [0.4, 0.5) is 0 Å². The summed E-state index contributed by atoms with van der Waals surface area (Å²) in [6, 6.07) is 0. The summed E-state index contributed by atoms with van der Waals surface area (Å²) in [5.41, 5.74) is 5.82. The Bertz CT molecular complexity index is 459. The number of allylic oxidation sites excluding steroid dienone is 2. The summed E-state index contributed by atoms with van der Waals surface area (Å²) in [7, 11) is 0. The summed E-state index contributed by atoms with van der Waals surface area (Å²) < 4.78 is 0. The average molecular weight is 381 g/mol.